The normalized spacial score (nSPS) is 24.8. The molecule has 3 aliphatic rings. The number of amides is 1. The Morgan fingerprint density at radius 2 is 1.83 bits per heavy atom. The van der Waals surface area contributed by atoms with Gasteiger partial charge in [-0.15, -0.1) is 0 Å². The van der Waals surface area contributed by atoms with Gasteiger partial charge in [-0.05, 0) is 31.0 Å². The number of carbonyl (C=O) groups is 1. The zero-order chi connectivity index (χ0) is 23.5. The molecule has 7 nitrogen and oxygen atoms in total. The molecule has 0 spiro atoms. The number of nitrogens with one attached hydrogen (secondary N) is 1. The average Bonchev–Trinajstić information content (AvgIpc) is 3.57. The van der Waals surface area contributed by atoms with E-state index in [-0.39, 0.29) is 24.8 Å². The number of carbonyl (C=O) groups excluding carboxylic acids is 1. The summed E-state index contributed by atoms with van der Waals surface area (Å²) in [5.41, 5.74) is 5.44. The maximum atomic E-state index is 13.2. The molecule has 1 fully saturated rings. The molecule has 3 atom stereocenters. The molecule has 8 rings (SSSR count). The Bertz CT molecular complexity index is 1730. The molecule has 0 radical (unpaired) electrons. The van der Waals surface area contributed by atoms with Gasteiger partial charge in [0.15, 0.2) is 5.72 Å². The lowest BCUT2D eigenvalue weighted by Crippen LogP contribution is -2.41. The molecule has 2 bridgehead atoms. The molecule has 5 aromatic rings. The second-order valence-electron chi connectivity index (χ2n) is 10.0. The van der Waals surface area contributed by atoms with Crippen LogP contribution in [0.2, 0.25) is 0 Å². The van der Waals surface area contributed by atoms with Crippen molar-refractivity contribution in [3.63, 3.8) is 0 Å². The Balaban J connectivity index is 1.62. The summed E-state index contributed by atoms with van der Waals surface area (Å²) in [5.74, 6) is -0.00613. The number of ether oxygens (including phenoxy) is 2. The molecule has 2 N–H and O–H groups in total. The third-order valence-electron chi connectivity index (χ3n) is 8.26. The molecule has 1 amide bonds. The van der Waals surface area contributed by atoms with E-state index < -0.39 is 5.72 Å². The van der Waals surface area contributed by atoms with Crippen molar-refractivity contribution < 1.29 is 19.4 Å². The van der Waals surface area contributed by atoms with Gasteiger partial charge in [0.1, 0.15) is 12.3 Å². The van der Waals surface area contributed by atoms with Crippen molar-refractivity contribution in [2.45, 2.75) is 44.4 Å². The lowest BCUT2D eigenvalue weighted by molar-refractivity contribution is -0.150. The number of fused-ring (bicyclic) bond motifs is 13. The molecule has 0 unspecified atom stereocenters. The average molecular weight is 468 g/mol. The van der Waals surface area contributed by atoms with Crippen LogP contribution in [-0.4, -0.2) is 39.5 Å². The number of rotatable bonds is 4. The molecule has 35 heavy (non-hydrogen) atoms. The second kappa shape index (κ2) is 6.63. The largest absolute Gasteiger partial charge is 0.396 e. The Kier molecular flexibility index (Phi) is 3.77. The van der Waals surface area contributed by atoms with Crippen LogP contribution in [0, 0.1) is 0 Å². The smallest absolute Gasteiger partial charge is 0.252 e. The standard InChI is InChI=1S/C28H25N3O4/c1-28-20(34-12-6-11-32)13-21(35-28)30-18-9-4-2-7-15(18)23-24-17(14-29-27(24)33)22-16-8-3-5-10-19(16)31(28)26(22)25(23)30/h2-5,7-10,20-21,32H,6,11-14H2,1H3,(H,29,33)/t20-,21-,28+/m0/s1. The number of para-hydroxylation sites is 2. The van der Waals surface area contributed by atoms with Gasteiger partial charge in [0.2, 0.25) is 0 Å². The maximum absolute atomic E-state index is 13.2. The minimum absolute atomic E-state index is 0.00613. The fourth-order valence-electron chi connectivity index (χ4n) is 6.91. The van der Waals surface area contributed by atoms with Crippen molar-refractivity contribution in [1.29, 1.82) is 0 Å². The van der Waals surface area contributed by atoms with Gasteiger partial charge in [0, 0.05) is 47.7 Å². The molecular weight excluding hydrogens is 442 g/mol. The first-order valence-corrected chi connectivity index (χ1v) is 12.3. The topological polar surface area (TPSA) is 77.7 Å². The monoisotopic (exact) mass is 467 g/mol. The molecule has 0 aliphatic carbocycles. The summed E-state index contributed by atoms with van der Waals surface area (Å²) in [7, 11) is 0. The van der Waals surface area contributed by atoms with Crippen LogP contribution in [0.15, 0.2) is 48.5 Å². The summed E-state index contributed by atoms with van der Waals surface area (Å²) in [4.78, 5) is 13.2. The van der Waals surface area contributed by atoms with E-state index in [9.17, 15) is 9.90 Å². The predicted molar refractivity (Wildman–Crippen MR) is 133 cm³/mol. The Morgan fingerprint density at radius 1 is 1.09 bits per heavy atom. The van der Waals surface area contributed by atoms with E-state index in [4.69, 9.17) is 9.47 Å². The Morgan fingerprint density at radius 3 is 2.63 bits per heavy atom. The number of benzene rings is 3. The zero-order valence-electron chi connectivity index (χ0n) is 19.4. The minimum Gasteiger partial charge on any atom is -0.396 e. The lowest BCUT2D eigenvalue weighted by atomic mass is 9.96. The molecule has 3 aliphatic heterocycles. The minimum atomic E-state index is -0.737. The molecular formula is C28H25N3O4. The van der Waals surface area contributed by atoms with Gasteiger partial charge in [-0.3, -0.25) is 4.79 Å². The van der Waals surface area contributed by atoms with Crippen LogP contribution in [0.4, 0.5) is 0 Å². The van der Waals surface area contributed by atoms with Crippen LogP contribution in [-0.2, 0) is 21.7 Å². The highest BCUT2D eigenvalue weighted by molar-refractivity contribution is 6.31. The van der Waals surface area contributed by atoms with E-state index in [1.165, 1.54) is 0 Å². The maximum Gasteiger partial charge on any atom is 0.252 e. The van der Waals surface area contributed by atoms with E-state index in [2.05, 4.69) is 57.8 Å². The van der Waals surface area contributed by atoms with E-state index in [0.29, 0.717) is 26.0 Å². The molecule has 176 valence electrons. The van der Waals surface area contributed by atoms with Gasteiger partial charge < -0.3 is 29.0 Å². The predicted octanol–water partition coefficient (Wildman–Crippen LogP) is 4.52. The SMILES string of the molecule is C[C@@]12O[C@@H](C[C@@H]1OCCCO)n1c3ccccc3c3c4c(c5c6ccccc6n2c5c31)CNC4=O. The molecule has 5 heterocycles. The van der Waals surface area contributed by atoms with Gasteiger partial charge in [0.05, 0.1) is 27.6 Å². The Hall–Kier alpha value is -3.39. The number of aliphatic hydroxyl groups excluding tert-OH is 1. The van der Waals surface area contributed by atoms with Crippen molar-refractivity contribution in [2.75, 3.05) is 13.2 Å². The van der Waals surface area contributed by atoms with Gasteiger partial charge in [-0.1, -0.05) is 36.4 Å². The number of hydrogen-bond acceptors (Lipinski definition) is 4. The van der Waals surface area contributed by atoms with Crippen LogP contribution < -0.4 is 5.32 Å². The van der Waals surface area contributed by atoms with Crippen molar-refractivity contribution in [3.05, 3.63) is 59.7 Å². The third kappa shape index (κ3) is 2.25. The van der Waals surface area contributed by atoms with E-state index in [1.54, 1.807) is 0 Å². The lowest BCUT2D eigenvalue weighted by Gasteiger charge is -2.33. The summed E-state index contributed by atoms with van der Waals surface area (Å²) in [6.07, 6.45) is 0.862. The summed E-state index contributed by atoms with van der Waals surface area (Å²) in [6.45, 7) is 3.22. The molecule has 2 aromatic heterocycles. The zero-order valence-corrected chi connectivity index (χ0v) is 19.4. The van der Waals surface area contributed by atoms with Gasteiger partial charge in [-0.2, -0.15) is 0 Å². The number of aromatic nitrogens is 2. The van der Waals surface area contributed by atoms with Crippen LogP contribution in [0.1, 0.15) is 41.9 Å². The number of aliphatic hydroxyl groups is 1. The van der Waals surface area contributed by atoms with Crippen LogP contribution >= 0.6 is 0 Å². The van der Waals surface area contributed by atoms with Crippen molar-refractivity contribution in [1.82, 2.24) is 14.5 Å². The molecule has 7 heteroatoms. The Labute approximate surface area is 200 Å². The highest BCUT2D eigenvalue weighted by Crippen LogP contribution is 2.54. The fourth-order valence-corrected chi connectivity index (χ4v) is 6.91. The summed E-state index contributed by atoms with van der Waals surface area (Å²) in [6, 6.07) is 16.7. The van der Waals surface area contributed by atoms with Crippen molar-refractivity contribution in [2.24, 2.45) is 0 Å². The van der Waals surface area contributed by atoms with Crippen LogP contribution in [0.25, 0.3) is 43.6 Å². The summed E-state index contributed by atoms with van der Waals surface area (Å²) < 4.78 is 18.0. The van der Waals surface area contributed by atoms with Crippen molar-refractivity contribution in [3.8, 4) is 0 Å². The highest BCUT2D eigenvalue weighted by atomic mass is 16.6. The van der Waals surface area contributed by atoms with Gasteiger partial charge in [0.25, 0.3) is 5.91 Å². The highest BCUT2D eigenvalue weighted by Gasteiger charge is 2.52. The van der Waals surface area contributed by atoms with Crippen LogP contribution in [0.5, 0.6) is 0 Å². The first-order valence-electron chi connectivity index (χ1n) is 12.3. The molecule has 3 aromatic carbocycles. The number of hydrogen-bond donors (Lipinski definition) is 2. The van der Waals surface area contributed by atoms with E-state index >= 15 is 0 Å². The van der Waals surface area contributed by atoms with Crippen molar-refractivity contribution >= 4 is 49.5 Å². The van der Waals surface area contributed by atoms with Gasteiger partial charge >= 0.3 is 0 Å². The molecule has 1 saturated heterocycles. The summed E-state index contributed by atoms with van der Waals surface area (Å²) >= 11 is 0. The first kappa shape index (κ1) is 19.9. The second-order valence-corrected chi connectivity index (χ2v) is 10.0. The van der Waals surface area contributed by atoms with Crippen LogP contribution in [0.3, 0.4) is 0 Å². The third-order valence-corrected chi connectivity index (χ3v) is 8.26. The quantitative estimate of drug-likeness (QED) is 0.381. The molecule has 0 saturated carbocycles. The number of nitrogens with zero attached hydrogens (tertiary/aromatic N) is 2. The summed E-state index contributed by atoms with van der Waals surface area (Å²) in [5, 5.41) is 16.8. The van der Waals surface area contributed by atoms with E-state index in [0.717, 1.165) is 54.7 Å². The van der Waals surface area contributed by atoms with E-state index in [1.807, 2.05) is 12.1 Å². The van der Waals surface area contributed by atoms with Gasteiger partial charge in [-0.25, -0.2) is 0 Å². The first-order chi connectivity index (χ1) is 17.1. The fraction of sp³-hybridized carbons (Fsp3) is 0.321.